The first-order valence-corrected chi connectivity index (χ1v) is 7.02. The second-order valence-corrected chi connectivity index (χ2v) is 6.52. The lowest BCUT2D eigenvalue weighted by atomic mass is 9.97. The molecule has 1 fully saturated rings. The molecule has 14 heavy (non-hydrogen) atoms. The molecule has 84 valence electrons. The molecule has 4 nitrogen and oxygen atoms in total. The minimum atomic E-state index is -2.86. The molecule has 0 bridgehead atoms. The molecule has 1 rings (SSSR count). The van der Waals surface area contributed by atoms with Crippen molar-refractivity contribution in [3.05, 3.63) is 0 Å². The van der Waals surface area contributed by atoms with Crippen LogP contribution >= 0.6 is 0 Å². The van der Waals surface area contributed by atoms with E-state index in [9.17, 15) is 13.5 Å². The molecule has 0 spiro atoms. The average molecular weight is 221 g/mol. The van der Waals surface area contributed by atoms with Gasteiger partial charge in [0.05, 0.1) is 11.9 Å². The van der Waals surface area contributed by atoms with Gasteiger partial charge in [-0.2, -0.15) is 0 Å². The first kappa shape index (κ1) is 11.9. The van der Waals surface area contributed by atoms with Gasteiger partial charge in [0.25, 0.3) is 0 Å². The minimum Gasteiger partial charge on any atom is -0.393 e. The van der Waals surface area contributed by atoms with Crippen LogP contribution in [0.4, 0.5) is 0 Å². The molecule has 1 aliphatic rings. The fourth-order valence-corrected chi connectivity index (χ4v) is 2.31. The highest BCUT2D eigenvalue weighted by Gasteiger charge is 2.24. The summed E-state index contributed by atoms with van der Waals surface area (Å²) in [5, 5.41) is 9.48. The van der Waals surface area contributed by atoms with Crippen molar-refractivity contribution < 1.29 is 13.5 Å². The van der Waals surface area contributed by atoms with E-state index in [1.165, 1.54) is 6.26 Å². The van der Waals surface area contributed by atoms with Crippen LogP contribution in [-0.4, -0.2) is 56.2 Å². The summed E-state index contributed by atoms with van der Waals surface area (Å²) in [5.74, 6) is 0.471. The van der Waals surface area contributed by atoms with Crippen molar-refractivity contribution in [3.8, 4) is 0 Å². The van der Waals surface area contributed by atoms with E-state index in [2.05, 4.69) is 4.90 Å². The predicted octanol–water partition coefficient (Wildman–Crippen LogP) is -0.266. The fourth-order valence-electron chi connectivity index (χ4n) is 1.72. The number of aliphatic hydroxyl groups excluding tert-OH is 1. The maximum atomic E-state index is 10.9. The Morgan fingerprint density at radius 3 is 2.64 bits per heavy atom. The zero-order chi connectivity index (χ0) is 10.8. The van der Waals surface area contributed by atoms with E-state index in [0.29, 0.717) is 6.54 Å². The molecule has 2 atom stereocenters. The molecule has 0 aromatic heterocycles. The lowest BCUT2D eigenvalue weighted by Gasteiger charge is -2.34. The normalized spacial score (nSPS) is 30.5. The second-order valence-electron chi connectivity index (χ2n) is 4.26. The molecule has 1 heterocycles. The number of likely N-dealkylation sites (tertiary alicyclic amines) is 1. The van der Waals surface area contributed by atoms with Crippen LogP contribution in [0.15, 0.2) is 0 Å². The molecule has 0 aliphatic carbocycles. The molecule has 0 aromatic carbocycles. The molecule has 0 radical (unpaired) electrons. The zero-order valence-corrected chi connectivity index (χ0v) is 9.63. The third-order valence-corrected chi connectivity index (χ3v) is 3.65. The van der Waals surface area contributed by atoms with Gasteiger partial charge in [-0.05, 0) is 12.3 Å². The molecular weight excluding hydrogens is 202 g/mol. The van der Waals surface area contributed by atoms with Gasteiger partial charge in [0, 0.05) is 25.9 Å². The number of rotatable bonds is 3. The van der Waals surface area contributed by atoms with Crippen LogP contribution in [0.3, 0.4) is 0 Å². The van der Waals surface area contributed by atoms with Crippen LogP contribution in [0.5, 0.6) is 0 Å². The number of hydrogen-bond donors (Lipinski definition) is 1. The van der Waals surface area contributed by atoms with Gasteiger partial charge in [-0.25, -0.2) is 8.42 Å². The smallest absolute Gasteiger partial charge is 0.148 e. The first-order chi connectivity index (χ1) is 6.38. The van der Waals surface area contributed by atoms with Crippen LogP contribution in [0.25, 0.3) is 0 Å². The molecule has 0 aromatic rings. The summed E-state index contributed by atoms with van der Waals surface area (Å²) in [5.41, 5.74) is 0. The molecule has 1 N–H and O–H groups in total. The Kier molecular flexibility index (Phi) is 3.92. The Balaban J connectivity index is 2.34. The number of nitrogens with zero attached hydrogens (tertiary/aromatic N) is 1. The van der Waals surface area contributed by atoms with Crippen molar-refractivity contribution in [1.82, 2.24) is 4.90 Å². The lowest BCUT2D eigenvalue weighted by molar-refractivity contribution is 0.0375. The summed E-state index contributed by atoms with van der Waals surface area (Å²) in [6.07, 6.45) is 1.80. The highest BCUT2D eigenvalue weighted by atomic mass is 32.2. The quantitative estimate of drug-likeness (QED) is 0.713. The topological polar surface area (TPSA) is 57.6 Å². The number of piperidine rings is 1. The molecular formula is C9H19NO3S. The van der Waals surface area contributed by atoms with Gasteiger partial charge >= 0.3 is 0 Å². The Bertz CT molecular complexity index is 276. The summed E-state index contributed by atoms with van der Waals surface area (Å²) >= 11 is 0. The van der Waals surface area contributed by atoms with E-state index in [1.54, 1.807) is 0 Å². The van der Waals surface area contributed by atoms with Crippen LogP contribution in [-0.2, 0) is 9.84 Å². The fraction of sp³-hybridized carbons (Fsp3) is 1.00. The van der Waals surface area contributed by atoms with Gasteiger partial charge < -0.3 is 10.0 Å². The minimum absolute atomic E-state index is 0.218. The van der Waals surface area contributed by atoms with E-state index >= 15 is 0 Å². The van der Waals surface area contributed by atoms with Crippen LogP contribution < -0.4 is 0 Å². The van der Waals surface area contributed by atoms with E-state index in [-0.39, 0.29) is 17.8 Å². The maximum Gasteiger partial charge on any atom is 0.148 e. The van der Waals surface area contributed by atoms with Crippen LogP contribution in [0.2, 0.25) is 0 Å². The Hall–Kier alpha value is -0.130. The Morgan fingerprint density at radius 2 is 2.14 bits per heavy atom. The summed E-state index contributed by atoms with van der Waals surface area (Å²) in [6, 6.07) is 0. The van der Waals surface area contributed by atoms with Gasteiger partial charge in [-0.15, -0.1) is 0 Å². The third kappa shape index (κ3) is 3.94. The van der Waals surface area contributed by atoms with Crippen molar-refractivity contribution in [1.29, 1.82) is 0 Å². The zero-order valence-electron chi connectivity index (χ0n) is 8.81. The number of hydrogen-bond acceptors (Lipinski definition) is 4. The average Bonchev–Trinajstić information content (AvgIpc) is 2.06. The third-order valence-electron chi connectivity index (χ3n) is 2.72. The van der Waals surface area contributed by atoms with Gasteiger partial charge in [0.1, 0.15) is 9.84 Å². The Morgan fingerprint density at radius 1 is 1.50 bits per heavy atom. The largest absolute Gasteiger partial charge is 0.393 e. The highest BCUT2D eigenvalue weighted by molar-refractivity contribution is 7.90. The van der Waals surface area contributed by atoms with Gasteiger partial charge in [0.2, 0.25) is 0 Å². The molecule has 1 aliphatic heterocycles. The van der Waals surface area contributed by atoms with E-state index in [0.717, 1.165) is 19.5 Å². The van der Waals surface area contributed by atoms with Gasteiger partial charge in [-0.1, -0.05) is 6.92 Å². The number of aliphatic hydroxyl groups is 1. The van der Waals surface area contributed by atoms with Gasteiger partial charge in [-0.3, -0.25) is 0 Å². The SMILES string of the molecule is CC1CN(CCS(C)(=O)=O)CCC1O. The summed E-state index contributed by atoms with van der Waals surface area (Å²) < 4.78 is 21.9. The summed E-state index contributed by atoms with van der Waals surface area (Å²) in [6.45, 7) is 4.20. The van der Waals surface area contributed by atoms with Crippen LogP contribution in [0, 0.1) is 5.92 Å². The maximum absolute atomic E-state index is 10.9. The van der Waals surface area contributed by atoms with Crippen molar-refractivity contribution >= 4 is 9.84 Å². The van der Waals surface area contributed by atoms with Crippen molar-refractivity contribution in [2.45, 2.75) is 19.4 Å². The monoisotopic (exact) mass is 221 g/mol. The molecule has 0 amide bonds. The summed E-state index contributed by atoms with van der Waals surface area (Å²) in [7, 11) is -2.86. The number of sulfone groups is 1. The lowest BCUT2D eigenvalue weighted by Crippen LogP contribution is -2.43. The summed E-state index contributed by atoms with van der Waals surface area (Å²) in [4.78, 5) is 2.11. The molecule has 5 heteroatoms. The Labute approximate surface area is 85.8 Å². The van der Waals surface area contributed by atoms with Crippen molar-refractivity contribution in [2.75, 3.05) is 31.6 Å². The van der Waals surface area contributed by atoms with E-state index in [1.807, 2.05) is 6.92 Å². The highest BCUT2D eigenvalue weighted by Crippen LogP contribution is 2.15. The van der Waals surface area contributed by atoms with Gasteiger partial charge in [0.15, 0.2) is 0 Å². The second kappa shape index (κ2) is 4.59. The first-order valence-electron chi connectivity index (χ1n) is 4.96. The van der Waals surface area contributed by atoms with E-state index in [4.69, 9.17) is 0 Å². The standard InChI is InChI=1S/C9H19NO3S/c1-8-7-10(4-3-9(8)11)5-6-14(2,12)13/h8-9,11H,3-7H2,1-2H3. The molecule has 1 saturated heterocycles. The van der Waals surface area contributed by atoms with E-state index < -0.39 is 9.84 Å². The van der Waals surface area contributed by atoms with Crippen molar-refractivity contribution in [3.63, 3.8) is 0 Å². The molecule has 2 unspecified atom stereocenters. The predicted molar refractivity (Wildman–Crippen MR) is 55.9 cm³/mol. The van der Waals surface area contributed by atoms with Crippen molar-refractivity contribution in [2.24, 2.45) is 5.92 Å². The molecule has 0 saturated carbocycles. The van der Waals surface area contributed by atoms with Crippen LogP contribution in [0.1, 0.15) is 13.3 Å².